The number of hydrogen-bond donors (Lipinski definition) is 0. The number of nitro groups is 1. The van der Waals surface area contributed by atoms with E-state index in [1.165, 1.54) is 18.2 Å². The first-order valence-electron chi connectivity index (χ1n) is 11.4. The summed E-state index contributed by atoms with van der Waals surface area (Å²) in [7, 11) is 0. The number of ketones is 1. The normalized spacial score (nSPS) is 21.1. The van der Waals surface area contributed by atoms with Crippen molar-refractivity contribution in [3.8, 4) is 12.1 Å². The lowest BCUT2D eigenvalue weighted by Gasteiger charge is -2.35. The number of rotatable bonds is 4. The molecular formula is C28H21N5O3. The molecule has 3 aromatic rings. The van der Waals surface area contributed by atoms with Gasteiger partial charge in [-0.25, -0.2) is 0 Å². The van der Waals surface area contributed by atoms with E-state index in [0.717, 1.165) is 11.1 Å². The minimum Gasteiger partial charge on any atom is -0.349 e. The van der Waals surface area contributed by atoms with Gasteiger partial charge in [0.1, 0.15) is 6.04 Å². The van der Waals surface area contributed by atoms with E-state index in [9.17, 15) is 25.4 Å². The molecule has 0 amide bonds. The van der Waals surface area contributed by atoms with Crippen molar-refractivity contribution < 1.29 is 9.72 Å². The van der Waals surface area contributed by atoms with Crippen LogP contribution in [0.15, 0.2) is 66.9 Å². The Kier molecular flexibility index (Phi) is 5.38. The van der Waals surface area contributed by atoms with Gasteiger partial charge in [-0.2, -0.15) is 10.5 Å². The highest BCUT2D eigenvalue weighted by atomic mass is 16.6. The zero-order valence-electron chi connectivity index (χ0n) is 19.6. The number of aryl methyl sites for hydroxylation is 2. The third-order valence-electron chi connectivity index (χ3n) is 7.13. The fourth-order valence-electron chi connectivity index (χ4n) is 5.57. The van der Waals surface area contributed by atoms with Gasteiger partial charge in [0.05, 0.1) is 34.5 Å². The van der Waals surface area contributed by atoms with Crippen molar-refractivity contribution in [3.63, 3.8) is 0 Å². The van der Waals surface area contributed by atoms with Gasteiger partial charge in [-0.05, 0) is 43.2 Å². The molecule has 8 heteroatoms. The van der Waals surface area contributed by atoms with Crippen LogP contribution >= 0.6 is 0 Å². The maximum absolute atomic E-state index is 14.3. The summed E-state index contributed by atoms with van der Waals surface area (Å²) in [4.78, 5) is 31.6. The van der Waals surface area contributed by atoms with Crippen molar-refractivity contribution in [2.45, 2.75) is 31.8 Å². The Hall–Kier alpha value is -4.82. The van der Waals surface area contributed by atoms with Crippen LogP contribution in [0.5, 0.6) is 0 Å². The topological polar surface area (TPSA) is 124 Å². The molecule has 0 spiro atoms. The average molecular weight is 476 g/mol. The van der Waals surface area contributed by atoms with Crippen molar-refractivity contribution in [3.05, 3.63) is 105 Å². The predicted molar refractivity (Wildman–Crippen MR) is 133 cm³/mol. The fraction of sp³-hybridized carbons (Fsp3) is 0.214. The van der Waals surface area contributed by atoms with Crippen LogP contribution in [0.2, 0.25) is 0 Å². The van der Waals surface area contributed by atoms with E-state index in [4.69, 9.17) is 0 Å². The van der Waals surface area contributed by atoms with Crippen LogP contribution in [0.3, 0.4) is 0 Å². The summed E-state index contributed by atoms with van der Waals surface area (Å²) in [5, 5.41) is 32.5. The standard InChI is InChI=1S/C28H21N5O3/c1-17-8-9-21(18(2)13-17)27(34)26-25(19-5-3-6-20(14-19)33(35)36)28(15-29,16-30)24-11-10-22-23(32(24)26)7-4-12-31-22/h3-14,24-26H,1-2H3. The molecule has 176 valence electrons. The van der Waals surface area contributed by atoms with Crippen molar-refractivity contribution in [2.24, 2.45) is 5.41 Å². The second-order valence-electron chi connectivity index (χ2n) is 9.17. The molecule has 1 saturated heterocycles. The molecular weight excluding hydrogens is 454 g/mol. The van der Waals surface area contributed by atoms with E-state index < -0.39 is 28.3 Å². The summed E-state index contributed by atoms with van der Waals surface area (Å²) in [5.41, 5.74) is 2.06. The second kappa shape index (κ2) is 8.44. The number of nitriles is 2. The highest BCUT2D eigenvalue weighted by Crippen LogP contribution is 2.55. The quantitative estimate of drug-likeness (QED) is 0.299. The molecule has 0 saturated carbocycles. The number of anilines is 1. The zero-order chi connectivity index (χ0) is 25.6. The third-order valence-corrected chi connectivity index (χ3v) is 7.13. The first kappa shape index (κ1) is 22.9. The van der Waals surface area contributed by atoms with Crippen molar-refractivity contribution in [2.75, 3.05) is 4.90 Å². The molecule has 2 aromatic carbocycles. The van der Waals surface area contributed by atoms with Gasteiger partial charge in [-0.3, -0.25) is 19.9 Å². The Morgan fingerprint density at radius 1 is 1.11 bits per heavy atom. The van der Waals surface area contributed by atoms with Gasteiger partial charge in [0, 0.05) is 29.8 Å². The number of nitro benzene ring substituents is 1. The molecule has 3 atom stereocenters. The summed E-state index contributed by atoms with van der Waals surface area (Å²) in [6.07, 6.45) is 5.14. The molecule has 1 aromatic heterocycles. The Labute approximate surface area is 207 Å². The lowest BCUT2D eigenvalue weighted by Crippen LogP contribution is -2.44. The first-order chi connectivity index (χ1) is 17.3. The second-order valence-corrected chi connectivity index (χ2v) is 9.17. The summed E-state index contributed by atoms with van der Waals surface area (Å²) < 4.78 is 0. The molecule has 0 aliphatic carbocycles. The summed E-state index contributed by atoms with van der Waals surface area (Å²) in [5.74, 6) is -1.21. The number of nitrogens with zero attached hydrogens (tertiary/aromatic N) is 5. The van der Waals surface area contributed by atoms with Gasteiger partial charge >= 0.3 is 0 Å². The van der Waals surface area contributed by atoms with Crippen LogP contribution in [0.1, 0.15) is 38.7 Å². The van der Waals surface area contributed by atoms with Crippen LogP contribution in [-0.2, 0) is 0 Å². The Morgan fingerprint density at radius 2 is 1.89 bits per heavy atom. The SMILES string of the molecule is Cc1ccc(C(=O)C2C(c3cccc([N+](=O)[O-])c3)C(C#N)(C#N)C3C=Cc4ncccc4N23)c(C)c1. The van der Waals surface area contributed by atoms with Gasteiger partial charge < -0.3 is 4.90 Å². The smallest absolute Gasteiger partial charge is 0.269 e. The number of Topliss-reactive ketones (excluding diaryl/α,β-unsaturated/α-hetero) is 1. The molecule has 8 nitrogen and oxygen atoms in total. The number of hydrogen-bond acceptors (Lipinski definition) is 7. The lowest BCUT2D eigenvalue weighted by atomic mass is 9.69. The summed E-state index contributed by atoms with van der Waals surface area (Å²) >= 11 is 0. The van der Waals surface area contributed by atoms with E-state index in [0.29, 0.717) is 22.5 Å². The highest BCUT2D eigenvalue weighted by Gasteiger charge is 2.63. The number of fused-ring (bicyclic) bond motifs is 3. The van der Waals surface area contributed by atoms with Crippen LogP contribution in [-0.4, -0.2) is 27.8 Å². The number of carbonyl (C=O) groups excluding carboxylic acids is 1. The molecule has 36 heavy (non-hydrogen) atoms. The third kappa shape index (κ3) is 3.27. The van der Waals surface area contributed by atoms with E-state index in [2.05, 4.69) is 17.1 Å². The highest BCUT2D eigenvalue weighted by molar-refractivity contribution is 6.05. The van der Waals surface area contributed by atoms with E-state index in [1.807, 2.05) is 32.0 Å². The van der Waals surface area contributed by atoms with Gasteiger partial charge in [0.15, 0.2) is 11.2 Å². The lowest BCUT2D eigenvalue weighted by molar-refractivity contribution is -0.384. The predicted octanol–water partition coefficient (Wildman–Crippen LogP) is 4.89. The maximum atomic E-state index is 14.3. The van der Waals surface area contributed by atoms with Crippen LogP contribution in [0.4, 0.5) is 11.4 Å². The number of pyridine rings is 1. The minimum absolute atomic E-state index is 0.169. The van der Waals surface area contributed by atoms with Crippen molar-refractivity contribution >= 4 is 23.2 Å². The molecule has 0 N–H and O–H groups in total. The zero-order valence-corrected chi connectivity index (χ0v) is 19.6. The Bertz CT molecular complexity index is 1520. The van der Waals surface area contributed by atoms with E-state index in [-0.39, 0.29) is 11.5 Å². The number of aromatic nitrogens is 1. The molecule has 2 aliphatic heterocycles. The van der Waals surface area contributed by atoms with Crippen molar-refractivity contribution in [1.82, 2.24) is 4.98 Å². The van der Waals surface area contributed by atoms with Gasteiger partial charge in [-0.1, -0.05) is 42.0 Å². The molecule has 3 heterocycles. The van der Waals surface area contributed by atoms with Gasteiger partial charge in [0.25, 0.3) is 5.69 Å². The molecule has 2 aliphatic rings. The van der Waals surface area contributed by atoms with Crippen LogP contribution in [0.25, 0.3) is 6.08 Å². The Balaban J connectivity index is 1.81. The molecule has 0 bridgehead atoms. The Morgan fingerprint density at radius 3 is 2.58 bits per heavy atom. The molecule has 5 rings (SSSR count). The molecule has 0 radical (unpaired) electrons. The maximum Gasteiger partial charge on any atom is 0.269 e. The van der Waals surface area contributed by atoms with E-state index >= 15 is 0 Å². The number of non-ortho nitro benzene ring substituents is 1. The van der Waals surface area contributed by atoms with Gasteiger partial charge in [0.2, 0.25) is 0 Å². The summed E-state index contributed by atoms with van der Waals surface area (Å²) in [6.45, 7) is 3.79. The van der Waals surface area contributed by atoms with E-state index in [1.54, 1.807) is 41.4 Å². The number of carbonyl (C=O) groups is 1. The molecule has 1 fully saturated rings. The largest absolute Gasteiger partial charge is 0.349 e. The van der Waals surface area contributed by atoms with Crippen LogP contribution in [0, 0.1) is 52.0 Å². The average Bonchev–Trinajstić information content (AvgIpc) is 3.19. The van der Waals surface area contributed by atoms with Gasteiger partial charge in [-0.15, -0.1) is 0 Å². The fourth-order valence-corrected chi connectivity index (χ4v) is 5.57. The minimum atomic E-state index is -1.68. The van der Waals surface area contributed by atoms with Crippen LogP contribution < -0.4 is 4.90 Å². The monoisotopic (exact) mass is 475 g/mol. The summed E-state index contributed by atoms with van der Waals surface area (Å²) in [6, 6.07) is 17.7. The first-order valence-corrected chi connectivity index (χ1v) is 11.4. The molecule has 3 unspecified atom stereocenters. The van der Waals surface area contributed by atoms with Crippen molar-refractivity contribution in [1.29, 1.82) is 10.5 Å². The number of benzene rings is 2.